The summed E-state index contributed by atoms with van der Waals surface area (Å²) in [6, 6.07) is 11.4. The van der Waals surface area contributed by atoms with Gasteiger partial charge in [0.15, 0.2) is 4.98 Å². The summed E-state index contributed by atoms with van der Waals surface area (Å²) < 4.78 is 9.73. The zero-order chi connectivity index (χ0) is 15.9. The molecule has 2 aromatic carbocycles. The number of rotatable bonds is 4. The first kappa shape index (κ1) is 15.1. The van der Waals surface area contributed by atoms with Crippen LogP contribution in [0.3, 0.4) is 0 Å². The van der Waals surface area contributed by atoms with Crippen molar-refractivity contribution in [3.05, 3.63) is 53.0 Å². The van der Waals surface area contributed by atoms with E-state index < -0.39 is 5.97 Å². The van der Waals surface area contributed by atoms with Crippen molar-refractivity contribution in [2.24, 2.45) is 10.2 Å². The molecule has 7 nitrogen and oxygen atoms in total. The van der Waals surface area contributed by atoms with Crippen LogP contribution < -0.4 is 4.74 Å². The average Bonchev–Trinajstić information content (AvgIpc) is 2.59. The molecule has 0 saturated heterocycles. The number of hydrogen-bond donors (Lipinski definition) is 0. The van der Waals surface area contributed by atoms with Crippen LogP contribution in [0.5, 0.6) is 5.75 Å². The lowest BCUT2D eigenvalue weighted by molar-refractivity contribution is 0.0601. The Bertz CT molecular complexity index is 766. The summed E-state index contributed by atoms with van der Waals surface area (Å²) in [6.07, 6.45) is 0. The van der Waals surface area contributed by atoms with E-state index in [4.69, 9.17) is 10.1 Å². The molecule has 0 N–H and O–H groups in total. The van der Waals surface area contributed by atoms with Crippen molar-refractivity contribution in [3.63, 3.8) is 0 Å². The second-order valence-corrected chi connectivity index (χ2v) is 4.20. The predicted molar refractivity (Wildman–Crippen MR) is 79.7 cm³/mol. The summed E-state index contributed by atoms with van der Waals surface area (Å²) in [5.41, 5.74) is 1.73. The lowest BCUT2D eigenvalue weighted by Crippen LogP contribution is -1.99. The number of benzene rings is 2. The summed E-state index contributed by atoms with van der Waals surface area (Å²) >= 11 is 0. The topological polar surface area (TPSA) is 88.4 Å². The molecular formula is C15H13N4O3+. The maximum absolute atomic E-state index is 11.4. The highest BCUT2D eigenvalue weighted by molar-refractivity contribution is 5.90. The fourth-order valence-electron chi connectivity index (χ4n) is 1.74. The molecule has 0 unspecified atom stereocenters. The lowest BCUT2D eigenvalue weighted by atomic mass is 10.2. The van der Waals surface area contributed by atoms with Gasteiger partial charge in [0.05, 0.1) is 31.2 Å². The van der Waals surface area contributed by atoms with E-state index in [9.17, 15) is 4.79 Å². The number of esters is 1. The predicted octanol–water partition coefficient (Wildman–Crippen LogP) is 4.38. The molecule has 0 aliphatic carbocycles. The van der Waals surface area contributed by atoms with Gasteiger partial charge in [-0.3, -0.25) is 0 Å². The Balaban J connectivity index is 2.25. The van der Waals surface area contributed by atoms with E-state index in [1.807, 2.05) is 0 Å². The van der Waals surface area contributed by atoms with E-state index >= 15 is 0 Å². The molecule has 0 heterocycles. The normalized spacial score (nSPS) is 10.2. The summed E-state index contributed by atoms with van der Waals surface area (Å²) in [5.74, 6) is -0.0603. The van der Waals surface area contributed by atoms with Gasteiger partial charge in [0.25, 0.3) is 0 Å². The van der Waals surface area contributed by atoms with Crippen LogP contribution in [-0.4, -0.2) is 20.2 Å². The molecule has 0 aliphatic rings. The zero-order valence-corrected chi connectivity index (χ0v) is 12.1. The van der Waals surface area contributed by atoms with Crippen LogP contribution in [0.2, 0.25) is 0 Å². The second-order valence-electron chi connectivity index (χ2n) is 4.20. The number of hydrogen-bond acceptors (Lipinski definition) is 6. The molecule has 0 aliphatic heterocycles. The Labute approximate surface area is 126 Å². The number of methoxy groups -OCH3 is 2. The van der Waals surface area contributed by atoms with E-state index in [0.29, 0.717) is 28.4 Å². The standard InChI is InChI=1S/C15H13N4O3/c1-21-14-9-12(6-7-13(14)17-16)19-18-11-5-3-4-10(8-11)15(20)22-2/h3-9H,1-2H3/q+1. The van der Waals surface area contributed by atoms with Crippen LogP contribution in [0.25, 0.3) is 4.98 Å². The van der Waals surface area contributed by atoms with Crippen LogP contribution in [0.15, 0.2) is 52.7 Å². The summed E-state index contributed by atoms with van der Waals surface area (Å²) in [6.45, 7) is 0. The van der Waals surface area contributed by atoms with Crippen LogP contribution in [0, 0.1) is 5.39 Å². The van der Waals surface area contributed by atoms with Crippen molar-refractivity contribution in [1.82, 2.24) is 0 Å². The molecule has 0 radical (unpaired) electrons. The Morgan fingerprint density at radius 2 is 1.82 bits per heavy atom. The van der Waals surface area contributed by atoms with E-state index in [-0.39, 0.29) is 0 Å². The van der Waals surface area contributed by atoms with Gasteiger partial charge in [-0.05, 0) is 24.3 Å². The Morgan fingerprint density at radius 1 is 1.09 bits per heavy atom. The second kappa shape index (κ2) is 6.95. The fourth-order valence-corrected chi connectivity index (χ4v) is 1.74. The maximum Gasteiger partial charge on any atom is 0.426 e. The maximum atomic E-state index is 11.4. The number of ether oxygens (including phenoxy) is 2. The molecule has 2 rings (SSSR count). The Hall–Kier alpha value is -3.27. The van der Waals surface area contributed by atoms with Gasteiger partial charge in [0.2, 0.25) is 11.1 Å². The summed E-state index contributed by atoms with van der Waals surface area (Å²) in [4.78, 5) is 14.5. The van der Waals surface area contributed by atoms with Crippen molar-refractivity contribution >= 4 is 23.0 Å². The first-order valence-electron chi connectivity index (χ1n) is 6.31. The molecule has 0 amide bonds. The van der Waals surface area contributed by atoms with Crippen molar-refractivity contribution < 1.29 is 14.3 Å². The van der Waals surface area contributed by atoms with Gasteiger partial charge in [-0.25, -0.2) is 4.79 Å². The smallest absolute Gasteiger partial charge is 0.426 e. The van der Waals surface area contributed by atoms with Gasteiger partial charge >= 0.3 is 11.7 Å². The summed E-state index contributed by atoms with van der Waals surface area (Å²) in [5, 5.41) is 16.9. The SMILES string of the molecule is COC(=O)c1cccc(N=Nc2ccc([N+]#N)c(OC)c2)c1. The van der Waals surface area contributed by atoms with Crippen LogP contribution in [-0.2, 0) is 4.74 Å². The van der Waals surface area contributed by atoms with Crippen LogP contribution >= 0.6 is 0 Å². The molecule has 110 valence electrons. The Morgan fingerprint density at radius 3 is 2.45 bits per heavy atom. The third kappa shape index (κ3) is 3.43. The largest absolute Gasteiger partial charge is 0.489 e. The van der Waals surface area contributed by atoms with Gasteiger partial charge in [-0.1, -0.05) is 6.07 Å². The molecule has 0 saturated carbocycles. The molecule has 7 heteroatoms. The van der Waals surface area contributed by atoms with E-state index in [0.717, 1.165) is 0 Å². The van der Waals surface area contributed by atoms with E-state index in [1.54, 1.807) is 42.5 Å². The van der Waals surface area contributed by atoms with Gasteiger partial charge in [-0.2, -0.15) is 10.2 Å². The number of carbonyl (C=O) groups excluding carboxylic acids is 1. The molecular weight excluding hydrogens is 284 g/mol. The minimum Gasteiger partial charge on any atom is -0.489 e. The number of diazo groups is 1. The molecule has 0 aromatic heterocycles. The Kier molecular flexibility index (Phi) is 4.78. The van der Waals surface area contributed by atoms with Crippen LogP contribution in [0.1, 0.15) is 10.4 Å². The highest BCUT2D eigenvalue weighted by Gasteiger charge is 2.14. The molecule has 0 atom stereocenters. The van der Waals surface area contributed by atoms with Gasteiger partial charge in [0, 0.05) is 12.1 Å². The van der Waals surface area contributed by atoms with E-state index in [1.165, 1.54) is 14.2 Å². The molecule has 0 spiro atoms. The van der Waals surface area contributed by atoms with Crippen molar-refractivity contribution in [1.29, 1.82) is 5.39 Å². The first-order chi connectivity index (χ1) is 10.7. The van der Waals surface area contributed by atoms with E-state index in [2.05, 4.69) is 19.9 Å². The lowest BCUT2D eigenvalue weighted by Gasteiger charge is -1.99. The molecule has 0 bridgehead atoms. The number of nitrogens with zero attached hydrogens (tertiary/aromatic N) is 4. The fraction of sp³-hybridized carbons (Fsp3) is 0.133. The molecule has 0 fully saturated rings. The van der Waals surface area contributed by atoms with Crippen molar-refractivity contribution in [2.45, 2.75) is 0 Å². The van der Waals surface area contributed by atoms with Crippen LogP contribution in [0.4, 0.5) is 17.1 Å². The first-order valence-corrected chi connectivity index (χ1v) is 6.31. The molecule has 22 heavy (non-hydrogen) atoms. The number of carbonyl (C=O) groups is 1. The van der Waals surface area contributed by atoms with Crippen molar-refractivity contribution in [3.8, 4) is 5.75 Å². The third-order valence-corrected chi connectivity index (χ3v) is 2.82. The average molecular weight is 297 g/mol. The third-order valence-electron chi connectivity index (χ3n) is 2.82. The summed E-state index contributed by atoms with van der Waals surface area (Å²) in [7, 11) is 2.78. The highest BCUT2D eigenvalue weighted by Crippen LogP contribution is 2.32. The van der Waals surface area contributed by atoms with Gasteiger partial charge in [-0.15, -0.1) is 0 Å². The molecule has 2 aromatic rings. The minimum atomic E-state index is -0.437. The minimum absolute atomic E-state index is 0.300. The van der Waals surface area contributed by atoms with Gasteiger partial charge in [0.1, 0.15) is 0 Å². The zero-order valence-electron chi connectivity index (χ0n) is 12.1. The quantitative estimate of drug-likeness (QED) is 0.476. The monoisotopic (exact) mass is 297 g/mol. The highest BCUT2D eigenvalue weighted by atomic mass is 16.5. The van der Waals surface area contributed by atoms with Gasteiger partial charge < -0.3 is 9.47 Å². The number of azo groups is 1. The van der Waals surface area contributed by atoms with Crippen molar-refractivity contribution in [2.75, 3.05) is 14.2 Å².